The molecule has 0 saturated heterocycles. The molecule has 1 N–H and O–H groups in total. The number of nitrogens with zero attached hydrogens (tertiary/aromatic N) is 3. The molecular weight excluding hydrogens is 343 g/mol. The van der Waals surface area contributed by atoms with E-state index in [9.17, 15) is 4.79 Å². The van der Waals surface area contributed by atoms with Crippen LogP contribution in [0.2, 0.25) is 0 Å². The molecule has 0 aliphatic rings. The van der Waals surface area contributed by atoms with E-state index in [0.717, 1.165) is 22.0 Å². The summed E-state index contributed by atoms with van der Waals surface area (Å²) in [6.45, 7) is 3.07. The van der Waals surface area contributed by atoms with Gasteiger partial charge >= 0.3 is 0 Å². The lowest BCUT2D eigenvalue weighted by Crippen LogP contribution is -2.25. The molecule has 0 aliphatic carbocycles. The van der Waals surface area contributed by atoms with Crippen LogP contribution in [-0.4, -0.2) is 19.0 Å². The van der Waals surface area contributed by atoms with E-state index in [1.54, 1.807) is 0 Å². The fourth-order valence-corrected chi connectivity index (χ4v) is 2.08. The summed E-state index contributed by atoms with van der Waals surface area (Å²) >= 11 is 2.18. The van der Waals surface area contributed by atoms with Gasteiger partial charge in [0.15, 0.2) is 0 Å². The minimum absolute atomic E-state index is 0.0492. The van der Waals surface area contributed by atoms with Gasteiger partial charge in [-0.15, -0.1) is 0 Å². The molecule has 0 aliphatic heterocycles. The molecule has 0 aromatic heterocycles. The molecular formula is C12H15IN4O. The van der Waals surface area contributed by atoms with Crippen molar-refractivity contribution in [1.82, 2.24) is 5.32 Å². The molecule has 96 valence electrons. The monoisotopic (exact) mass is 358 g/mol. The highest BCUT2D eigenvalue weighted by Gasteiger charge is 2.09. The average Bonchev–Trinajstić information content (AvgIpc) is 2.36. The van der Waals surface area contributed by atoms with Crippen LogP contribution in [0.1, 0.15) is 28.8 Å². The summed E-state index contributed by atoms with van der Waals surface area (Å²) in [6.07, 6.45) is 1.60. The van der Waals surface area contributed by atoms with E-state index >= 15 is 0 Å². The van der Waals surface area contributed by atoms with Crippen molar-refractivity contribution in [2.75, 3.05) is 13.1 Å². The summed E-state index contributed by atoms with van der Waals surface area (Å²) < 4.78 is 0.988. The Morgan fingerprint density at radius 3 is 3.00 bits per heavy atom. The highest BCUT2D eigenvalue weighted by atomic mass is 127. The van der Waals surface area contributed by atoms with E-state index in [-0.39, 0.29) is 5.91 Å². The van der Waals surface area contributed by atoms with Gasteiger partial charge in [0.25, 0.3) is 5.91 Å². The number of amides is 1. The number of rotatable bonds is 6. The maximum Gasteiger partial charge on any atom is 0.252 e. The second-order valence-corrected chi connectivity index (χ2v) is 4.93. The summed E-state index contributed by atoms with van der Waals surface area (Å²) in [5.74, 6) is -0.0492. The van der Waals surface area contributed by atoms with Gasteiger partial charge in [0, 0.05) is 21.6 Å². The zero-order valence-electron chi connectivity index (χ0n) is 10.2. The highest BCUT2D eigenvalue weighted by molar-refractivity contribution is 14.1. The third-order valence-corrected chi connectivity index (χ3v) is 3.90. The Morgan fingerprint density at radius 2 is 2.28 bits per heavy atom. The van der Waals surface area contributed by atoms with E-state index in [4.69, 9.17) is 5.53 Å². The highest BCUT2D eigenvalue weighted by Crippen LogP contribution is 2.16. The van der Waals surface area contributed by atoms with E-state index < -0.39 is 0 Å². The lowest BCUT2D eigenvalue weighted by Gasteiger charge is -2.08. The lowest BCUT2D eigenvalue weighted by molar-refractivity contribution is 0.0952. The third-order valence-electron chi connectivity index (χ3n) is 2.47. The summed E-state index contributed by atoms with van der Waals surface area (Å²) in [4.78, 5) is 14.6. The van der Waals surface area contributed by atoms with Gasteiger partial charge in [-0.1, -0.05) is 17.2 Å². The van der Waals surface area contributed by atoms with E-state index in [2.05, 4.69) is 37.9 Å². The molecule has 0 spiro atoms. The fraction of sp³-hybridized carbons (Fsp3) is 0.417. The molecule has 1 amide bonds. The smallest absolute Gasteiger partial charge is 0.252 e. The summed E-state index contributed by atoms with van der Waals surface area (Å²) in [6, 6.07) is 5.69. The van der Waals surface area contributed by atoms with Crippen LogP contribution in [0.15, 0.2) is 23.3 Å². The molecule has 1 aromatic rings. The minimum atomic E-state index is -0.0492. The van der Waals surface area contributed by atoms with Gasteiger partial charge in [-0.05, 0) is 59.5 Å². The molecule has 0 atom stereocenters. The number of benzene rings is 1. The zero-order chi connectivity index (χ0) is 13.4. The predicted octanol–water partition coefficient (Wildman–Crippen LogP) is 3.42. The van der Waals surface area contributed by atoms with Crippen molar-refractivity contribution in [2.24, 2.45) is 5.11 Å². The van der Waals surface area contributed by atoms with Crippen LogP contribution in [-0.2, 0) is 0 Å². The van der Waals surface area contributed by atoms with Crippen molar-refractivity contribution in [3.05, 3.63) is 43.3 Å². The first-order chi connectivity index (χ1) is 8.66. The normalized spacial score (nSPS) is 9.67. The largest absolute Gasteiger partial charge is 0.352 e. The maximum atomic E-state index is 11.9. The maximum absolute atomic E-state index is 11.9. The summed E-state index contributed by atoms with van der Waals surface area (Å²) in [5.41, 5.74) is 9.92. The third kappa shape index (κ3) is 4.54. The van der Waals surface area contributed by atoms with Gasteiger partial charge in [-0.25, -0.2) is 0 Å². The van der Waals surface area contributed by atoms with E-state index in [1.807, 2.05) is 25.1 Å². The summed E-state index contributed by atoms with van der Waals surface area (Å²) in [5, 5.41) is 6.30. The van der Waals surface area contributed by atoms with Gasteiger partial charge < -0.3 is 5.32 Å². The van der Waals surface area contributed by atoms with Gasteiger partial charge in [0.2, 0.25) is 0 Å². The van der Waals surface area contributed by atoms with E-state index in [0.29, 0.717) is 18.7 Å². The van der Waals surface area contributed by atoms with Crippen molar-refractivity contribution < 1.29 is 4.79 Å². The molecule has 0 saturated carbocycles. The van der Waals surface area contributed by atoms with Crippen LogP contribution in [0.4, 0.5) is 0 Å². The first-order valence-corrected chi connectivity index (χ1v) is 6.79. The Bertz CT molecular complexity index is 469. The van der Waals surface area contributed by atoms with Crippen LogP contribution in [0, 0.1) is 10.5 Å². The molecule has 1 rings (SSSR count). The molecule has 0 fully saturated rings. The number of unbranched alkanes of at least 4 members (excludes halogenated alkanes) is 1. The number of hydrogen-bond donors (Lipinski definition) is 1. The van der Waals surface area contributed by atoms with E-state index in [1.165, 1.54) is 0 Å². The molecule has 0 radical (unpaired) electrons. The summed E-state index contributed by atoms with van der Waals surface area (Å²) in [7, 11) is 0. The van der Waals surface area contributed by atoms with Crippen LogP contribution in [0.25, 0.3) is 10.4 Å². The Labute approximate surface area is 120 Å². The van der Waals surface area contributed by atoms with Crippen molar-refractivity contribution >= 4 is 28.5 Å². The average molecular weight is 358 g/mol. The van der Waals surface area contributed by atoms with Gasteiger partial charge in [-0.2, -0.15) is 0 Å². The van der Waals surface area contributed by atoms with Gasteiger partial charge in [0.1, 0.15) is 0 Å². The molecule has 0 heterocycles. The SMILES string of the molecule is Cc1cccc(C(=O)NCCCCN=[N+]=[N-])c1I. The number of carbonyl (C=O) groups excluding carboxylic acids is 1. The standard InChI is InChI=1S/C12H15IN4O/c1-9-5-4-6-10(11(9)13)12(18)15-7-2-3-8-16-17-14/h4-6H,2-3,7-8H2,1H3,(H,15,18). The number of azide groups is 1. The van der Waals surface area contributed by atoms with Crippen molar-refractivity contribution in [2.45, 2.75) is 19.8 Å². The first kappa shape index (κ1) is 14.8. The fourth-order valence-electron chi connectivity index (χ4n) is 1.47. The van der Waals surface area contributed by atoms with Crippen molar-refractivity contribution in [3.8, 4) is 0 Å². The number of halogens is 1. The number of hydrogen-bond acceptors (Lipinski definition) is 2. The Balaban J connectivity index is 2.41. The Kier molecular flexibility index (Phi) is 6.53. The Hall–Kier alpha value is -1.27. The van der Waals surface area contributed by atoms with Crippen molar-refractivity contribution in [1.29, 1.82) is 0 Å². The number of aryl methyl sites for hydroxylation is 1. The lowest BCUT2D eigenvalue weighted by atomic mass is 10.1. The van der Waals surface area contributed by atoms with Crippen LogP contribution in [0.5, 0.6) is 0 Å². The van der Waals surface area contributed by atoms with Crippen LogP contribution < -0.4 is 5.32 Å². The van der Waals surface area contributed by atoms with Crippen molar-refractivity contribution in [3.63, 3.8) is 0 Å². The number of carbonyl (C=O) groups is 1. The minimum Gasteiger partial charge on any atom is -0.352 e. The zero-order valence-corrected chi connectivity index (χ0v) is 12.3. The number of nitrogens with one attached hydrogen (secondary N) is 1. The topological polar surface area (TPSA) is 77.9 Å². The second kappa shape index (κ2) is 7.94. The van der Waals surface area contributed by atoms with Gasteiger partial charge in [0.05, 0.1) is 5.56 Å². The second-order valence-electron chi connectivity index (χ2n) is 3.85. The quantitative estimate of drug-likeness (QED) is 0.273. The molecule has 6 heteroatoms. The Morgan fingerprint density at radius 1 is 1.50 bits per heavy atom. The molecule has 18 heavy (non-hydrogen) atoms. The molecule has 0 bridgehead atoms. The van der Waals surface area contributed by atoms with Crippen LogP contribution in [0.3, 0.4) is 0 Å². The molecule has 0 unspecified atom stereocenters. The molecule has 5 nitrogen and oxygen atoms in total. The first-order valence-electron chi connectivity index (χ1n) is 5.71. The van der Waals surface area contributed by atoms with Crippen LogP contribution >= 0.6 is 22.6 Å². The predicted molar refractivity (Wildman–Crippen MR) is 79.5 cm³/mol. The molecule has 1 aromatic carbocycles. The van der Waals surface area contributed by atoms with Gasteiger partial charge in [-0.3, -0.25) is 4.79 Å².